The van der Waals surface area contributed by atoms with Crippen LogP contribution in [0, 0.1) is 0 Å². The van der Waals surface area contributed by atoms with Gasteiger partial charge in [-0.25, -0.2) is 9.78 Å². The summed E-state index contributed by atoms with van der Waals surface area (Å²) in [5.74, 6) is -0.205. The summed E-state index contributed by atoms with van der Waals surface area (Å²) in [6, 6.07) is 9.19. The SMILES string of the molecule is O=C(Cc1ccccc1)c1nc2[nH]c(=O)[nH]c(=O)c2[nH]1. The number of fused-ring (bicyclic) bond motifs is 1. The lowest BCUT2D eigenvalue weighted by Gasteiger charge is -1.97. The number of nitrogens with zero attached hydrogens (tertiary/aromatic N) is 1. The maximum atomic E-state index is 12.1. The lowest BCUT2D eigenvalue weighted by molar-refractivity contribution is 0.0984. The van der Waals surface area contributed by atoms with Gasteiger partial charge in [0.25, 0.3) is 5.56 Å². The minimum Gasteiger partial charge on any atom is -0.330 e. The molecule has 0 aliphatic heterocycles. The number of aromatic amines is 3. The number of rotatable bonds is 3. The van der Waals surface area contributed by atoms with Gasteiger partial charge in [0, 0.05) is 6.42 Å². The van der Waals surface area contributed by atoms with Crippen LogP contribution in [0.5, 0.6) is 0 Å². The molecule has 100 valence electrons. The van der Waals surface area contributed by atoms with Gasteiger partial charge in [-0.15, -0.1) is 0 Å². The number of hydrogen-bond donors (Lipinski definition) is 3. The summed E-state index contributed by atoms with van der Waals surface area (Å²) in [7, 11) is 0. The molecule has 7 heteroatoms. The lowest BCUT2D eigenvalue weighted by Crippen LogP contribution is -2.21. The number of aromatic nitrogens is 4. The summed E-state index contributed by atoms with van der Waals surface area (Å²) in [4.78, 5) is 45.8. The molecular formula is C13H10N4O3. The van der Waals surface area contributed by atoms with Crippen molar-refractivity contribution in [2.75, 3.05) is 0 Å². The Morgan fingerprint density at radius 1 is 1.05 bits per heavy atom. The molecule has 2 heterocycles. The van der Waals surface area contributed by atoms with Crippen LogP contribution in [-0.2, 0) is 6.42 Å². The monoisotopic (exact) mass is 270 g/mol. The highest BCUT2D eigenvalue weighted by Gasteiger charge is 2.14. The van der Waals surface area contributed by atoms with Gasteiger partial charge in [0.2, 0.25) is 5.78 Å². The molecule has 0 spiro atoms. The summed E-state index contributed by atoms with van der Waals surface area (Å²) in [6.45, 7) is 0. The molecule has 0 aliphatic rings. The van der Waals surface area contributed by atoms with Crippen molar-refractivity contribution in [1.82, 2.24) is 19.9 Å². The molecule has 3 N–H and O–H groups in total. The molecule has 0 radical (unpaired) electrons. The van der Waals surface area contributed by atoms with Crippen LogP contribution in [0.3, 0.4) is 0 Å². The molecule has 7 nitrogen and oxygen atoms in total. The van der Waals surface area contributed by atoms with Crippen LogP contribution in [0.4, 0.5) is 0 Å². The summed E-state index contributed by atoms with van der Waals surface area (Å²) >= 11 is 0. The van der Waals surface area contributed by atoms with Crippen molar-refractivity contribution in [3.05, 3.63) is 62.6 Å². The van der Waals surface area contributed by atoms with Crippen molar-refractivity contribution < 1.29 is 4.79 Å². The molecule has 0 amide bonds. The van der Waals surface area contributed by atoms with Gasteiger partial charge < -0.3 is 4.98 Å². The second-order valence-electron chi connectivity index (χ2n) is 4.30. The fourth-order valence-corrected chi connectivity index (χ4v) is 1.93. The van der Waals surface area contributed by atoms with Crippen molar-refractivity contribution in [1.29, 1.82) is 0 Å². The third kappa shape index (κ3) is 2.16. The fourth-order valence-electron chi connectivity index (χ4n) is 1.93. The number of carbonyl (C=O) groups is 1. The topological polar surface area (TPSA) is 111 Å². The number of benzene rings is 1. The Bertz CT molecular complexity index is 889. The predicted octanol–water partition coefficient (Wildman–Crippen LogP) is 0.365. The molecular weight excluding hydrogens is 260 g/mol. The first-order valence-corrected chi connectivity index (χ1v) is 5.93. The van der Waals surface area contributed by atoms with Crippen molar-refractivity contribution in [3.8, 4) is 0 Å². The molecule has 0 saturated heterocycles. The van der Waals surface area contributed by atoms with E-state index in [-0.39, 0.29) is 29.2 Å². The summed E-state index contributed by atoms with van der Waals surface area (Å²) in [5, 5.41) is 0. The largest absolute Gasteiger partial charge is 0.330 e. The molecule has 3 rings (SSSR count). The molecule has 0 aliphatic carbocycles. The zero-order chi connectivity index (χ0) is 14.1. The Balaban J connectivity index is 1.98. The van der Waals surface area contributed by atoms with Gasteiger partial charge in [-0.1, -0.05) is 30.3 Å². The van der Waals surface area contributed by atoms with Crippen LogP contribution in [0.15, 0.2) is 39.9 Å². The van der Waals surface area contributed by atoms with E-state index in [0.717, 1.165) is 5.56 Å². The number of Topliss-reactive ketones (excluding diaryl/α,β-unsaturated/α-hetero) is 1. The zero-order valence-corrected chi connectivity index (χ0v) is 10.3. The number of nitrogens with one attached hydrogen (secondary N) is 3. The second kappa shape index (κ2) is 4.61. The normalized spacial score (nSPS) is 10.8. The molecule has 0 bridgehead atoms. The van der Waals surface area contributed by atoms with E-state index >= 15 is 0 Å². The fraction of sp³-hybridized carbons (Fsp3) is 0.0769. The van der Waals surface area contributed by atoms with Gasteiger partial charge >= 0.3 is 5.69 Å². The first-order valence-electron chi connectivity index (χ1n) is 5.93. The maximum absolute atomic E-state index is 12.1. The van der Waals surface area contributed by atoms with Gasteiger partial charge in [0.1, 0.15) is 5.52 Å². The minimum absolute atomic E-state index is 0.0520. The van der Waals surface area contributed by atoms with Crippen molar-refractivity contribution >= 4 is 16.9 Å². The average molecular weight is 270 g/mol. The quantitative estimate of drug-likeness (QED) is 0.597. The molecule has 3 aromatic rings. The number of carbonyl (C=O) groups excluding carboxylic acids is 1. The van der Waals surface area contributed by atoms with E-state index in [2.05, 4.69) is 19.9 Å². The van der Waals surface area contributed by atoms with E-state index in [4.69, 9.17) is 0 Å². The van der Waals surface area contributed by atoms with Crippen LogP contribution >= 0.6 is 0 Å². The standard InChI is InChI=1S/C13H10N4O3/c18-8(6-7-4-2-1-3-5-7)10-14-9-11(15-10)16-13(20)17-12(9)19/h1-5H,6H2,(H3,14,15,16,17,19,20). The Kier molecular flexibility index (Phi) is 2.79. The maximum Gasteiger partial charge on any atom is 0.327 e. The number of H-pyrrole nitrogens is 3. The average Bonchev–Trinajstić information content (AvgIpc) is 2.84. The van der Waals surface area contributed by atoms with E-state index in [1.165, 1.54) is 0 Å². The van der Waals surface area contributed by atoms with Gasteiger partial charge in [0.05, 0.1) is 0 Å². The van der Waals surface area contributed by atoms with Crippen molar-refractivity contribution in [3.63, 3.8) is 0 Å². The molecule has 0 saturated carbocycles. The second-order valence-corrected chi connectivity index (χ2v) is 4.30. The summed E-state index contributed by atoms with van der Waals surface area (Å²) in [6.07, 6.45) is 0.169. The van der Waals surface area contributed by atoms with E-state index in [9.17, 15) is 14.4 Å². The molecule has 2 aromatic heterocycles. The van der Waals surface area contributed by atoms with Crippen LogP contribution < -0.4 is 11.2 Å². The molecule has 20 heavy (non-hydrogen) atoms. The van der Waals surface area contributed by atoms with Gasteiger partial charge in [-0.2, -0.15) is 0 Å². The highest BCUT2D eigenvalue weighted by atomic mass is 16.2. The Morgan fingerprint density at radius 2 is 1.80 bits per heavy atom. The van der Waals surface area contributed by atoms with Crippen molar-refractivity contribution in [2.24, 2.45) is 0 Å². The summed E-state index contributed by atoms with van der Waals surface area (Å²) in [5.41, 5.74) is -0.248. The van der Waals surface area contributed by atoms with Gasteiger partial charge in [-0.05, 0) is 5.56 Å². The van der Waals surface area contributed by atoms with E-state index < -0.39 is 11.2 Å². The highest BCUT2D eigenvalue weighted by molar-refractivity contribution is 5.96. The Labute approximate surface area is 111 Å². The van der Waals surface area contributed by atoms with Crippen LogP contribution in [0.1, 0.15) is 16.2 Å². The summed E-state index contributed by atoms with van der Waals surface area (Å²) < 4.78 is 0. The first-order chi connectivity index (χ1) is 9.63. The molecule has 0 fully saturated rings. The number of imidazole rings is 1. The highest BCUT2D eigenvalue weighted by Crippen LogP contribution is 2.07. The van der Waals surface area contributed by atoms with Gasteiger partial charge in [0.15, 0.2) is 11.5 Å². The Hall–Kier alpha value is -2.96. The number of hydrogen-bond acceptors (Lipinski definition) is 4. The van der Waals surface area contributed by atoms with Crippen LogP contribution in [-0.4, -0.2) is 25.7 Å². The van der Waals surface area contributed by atoms with Crippen LogP contribution in [0.25, 0.3) is 11.2 Å². The van der Waals surface area contributed by atoms with Gasteiger partial charge in [-0.3, -0.25) is 19.6 Å². The van der Waals surface area contributed by atoms with E-state index in [1.54, 1.807) is 0 Å². The number of ketones is 1. The third-order valence-corrected chi connectivity index (χ3v) is 2.86. The first kappa shape index (κ1) is 12.1. The molecule has 1 aromatic carbocycles. The minimum atomic E-state index is -0.656. The predicted molar refractivity (Wildman–Crippen MR) is 71.8 cm³/mol. The van der Waals surface area contributed by atoms with E-state index in [1.807, 2.05) is 30.3 Å². The van der Waals surface area contributed by atoms with E-state index in [0.29, 0.717) is 0 Å². The molecule has 0 atom stereocenters. The smallest absolute Gasteiger partial charge is 0.327 e. The van der Waals surface area contributed by atoms with Crippen LogP contribution in [0.2, 0.25) is 0 Å². The molecule has 0 unspecified atom stereocenters. The Morgan fingerprint density at radius 3 is 2.55 bits per heavy atom. The lowest BCUT2D eigenvalue weighted by atomic mass is 10.1. The third-order valence-electron chi connectivity index (χ3n) is 2.86. The van der Waals surface area contributed by atoms with Crippen molar-refractivity contribution in [2.45, 2.75) is 6.42 Å². The zero-order valence-electron chi connectivity index (χ0n) is 10.3.